The molecule has 7 heteroatoms. The Bertz CT molecular complexity index is 945. The van der Waals surface area contributed by atoms with Crippen LogP contribution in [0.1, 0.15) is 5.56 Å². The molecule has 0 unspecified atom stereocenters. The van der Waals surface area contributed by atoms with E-state index in [-0.39, 0.29) is 17.8 Å². The molecule has 2 aromatic carbocycles. The number of benzene rings is 2. The molecule has 24 heavy (non-hydrogen) atoms. The summed E-state index contributed by atoms with van der Waals surface area (Å²) < 4.78 is 10.7. The molecule has 0 saturated heterocycles. The predicted molar refractivity (Wildman–Crippen MR) is 87.5 cm³/mol. The van der Waals surface area contributed by atoms with Gasteiger partial charge in [0.05, 0.1) is 0 Å². The van der Waals surface area contributed by atoms with Crippen molar-refractivity contribution in [1.82, 2.24) is 20.3 Å². The second-order valence-corrected chi connectivity index (χ2v) is 5.19. The van der Waals surface area contributed by atoms with E-state index in [0.717, 1.165) is 16.8 Å². The molecule has 1 N–H and O–H groups in total. The van der Waals surface area contributed by atoms with E-state index in [1.54, 1.807) is 0 Å². The Morgan fingerprint density at radius 2 is 1.67 bits per heavy atom. The summed E-state index contributed by atoms with van der Waals surface area (Å²) in [4.78, 5) is 4.30. The van der Waals surface area contributed by atoms with Crippen molar-refractivity contribution < 1.29 is 8.94 Å². The van der Waals surface area contributed by atoms with Crippen molar-refractivity contribution in [3.63, 3.8) is 0 Å². The van der Waals surface area contributed by atoms with Crippen LogP contribution in [0.15, 0.2) is 63.5 Å². The van der Waals surface area contributed by atoms with E-state index in [0.29, 0.717) is 5.82 Å². The molecule has 2 aromatic heterocycles. The largest absolute Gasteiger partial charge is 0.399 e. The molecule has 0 amide bonds. The molecule has 0 aliphatic carbocycles. The minimum absolute atomic E-state index is 0.166. The van der Waals surface area contributed by atoms with Crippen LogP contribution in [0.2, 0.25) is 0 Å². The van der Waals surface area contributed by atoms with E-state index in [9.17, 15) is 0 Å². The molecule has 0 spiro atoms. The maximum Gasteiger partial charge on any atom is 0.320 e. The smallest absolute Gasteiger partial charge is 0.320 e. The highest BCUT2D eigenvalue weighted by molar-refractivity contribution is 5.57. The van der Waals surface area contributed by atoms with E-state index in [4.69, 9.17) is 8.94 Å². The number of nitrogens with zero attached hydrogens (tertiary/aromatic N) is 4. The van der Waals surface area contributed by atoms with E-state index in [1.807, 2.05) is 61.5 Å². The average Bonchev–Trinajstić information content (AvgIpc) is 3.26. The number of hydrogen-bond donors (Lipinski definition) is 1. The summed E-state index contributed by atoms with van der Waals surface area (Å²) in [6.07, 6.45) is 0. The maximum atomic E-state index is 5.51. The van der Waals surface area contributed by atoms with Gasteiger partial charge in [0.25, 0.3) is 0 Å². The van der Waals surface area contributed by atoms with Gasteiger partial charge in [-0.2, -0.15) is 4.98 Å². The minimum atomic E-state index is 0.166. The molecular weight excluding hydrogens is 306 g/mol. The lowest BCUT2D eigenvalue weighted by Gasteiger charge is -1.98. The van der Waals surface area contributed by atoms with Crippen LogP contribution in [0.3, 0.4) is 0 Å². The van der Waals surface area contributed by atoms with Crippen LogP contribution in [0.4, 0.5) is 11.7 Å². The Labute approximate surface area is 137 Å². The highest BCUT2D eigenvalue weighted by Gasteiger charge is 2.17. The lowest BCUT2D eigenvalue weighted by molar-refractivity contribution is 0.415. The van der Waals surface area contributed by atoms with Crippen LogP contribution in [0, 0.1) is 6.92 Å². The quantitative estimate of drug-likeness (QED) is 0.611. The third-order valence-corrected chi connectivity index (χ3v) is 3.37. The van der Waals surface area contributed by atoms with Crippen LogP contribution >= 0.6 is 0 Å². The fourth-order valence-corrected chi connectivity index (χ4v) is 2.14. The summed E-state index contributed by atoms with van der Waals surface area (Å²) in [5.41, 5.74) is 2.87. The number of hydrogen-bond acceptors (Lipinski definition) is 7. The van der Waals surface area contributed by atoms with Gasteiger partial charge >= 0.3 is 17.8 Å². The zero-order chi connectivity index (χ0) is 16.4. The molecule has 2 heterocycles. The predicted octanol–water partition coefficient (Wildman–Crippen LogP) is 3.84. The first-order valence-electron chi connectivity index (χ1n) is 7.35. The van der Waals surface area contributed by atoms with Crippen molar-refractivity contribution in [2.24, 2.45) is 0 Å². The zero-order valence-corrected chi connectivity index (χ0v) is 12.8. The lowest BCUT2D eigenvalue weighted by Crippen LogP contribution is -1.88. The number of para-hydroxylation sites is 1. The molecule has 0 aliphatic rings. The highest BCUT2D eigenvalue weighted by atomic mass is 16.5. The molecular formula is C17H13N5O2. The van der Waals surface area contributed by atoms with Gasteiger partial charge in [0, 0.05) is 11.3 Å². The Morgan fingerprint density at radius 1 is 0.875 bits per heavy atom. The van der Waals surface area contributed by atoms with Gasteiger partial charge < -0.3 is 14.3 Å². The van der Waals surface area contributed by atoms with Gasteiger partial charge in [-0.15, -0.1) is 5.10 Å². The Kier molecular flexibility index (Phi) is 3.51. The lowest BCUT2D eigenvalue weighted by atomic mass is 10.1. The number of aromatic nitrogens is 4. The van der Waals surface area contributed by atoms with Crippen LogP contribution < -0.4 is 5.32 Å². The van der Waals surface area contributed by atoms with Gasteiger partial charge in [-0.05, 0) is 19.1 Å². The maximum absolute atomic E-state index is 5.51. The monoisotopic (exact) mass is 319 g/mol. The summed E-state index contributed by atoms with van der Waals surface area (Å²) in [7, 11) is 0. The molecule has 4 rings (SSSR count). The number of nitrogens with one attached hydrogen (secondary N) is 1. The average molecular weight is 319 g/mol. The molecule has 0 atom stereocenters. The first-order chi connectivity index (χ1) is 11.8. The molecule has 118 valence electrons. The molecule has 4 aromatic rings. The van der Waals surface area contributed by atoms with Crippen molar-refractivity contribution in [2.75, 3.05) is 5.32 Å². The summed E-state index contributed by atoms with van der Waals surface area (Å²) in [6, 6.07) is 17.6. The van der Waals surface area contributed by atoms with E-state index >= 15 is 0 Å². The summed E-state index contributed by atoms with van der Waals surface area (Å²) in [6.45, 7) is 2.02. The standard InChI is InChI=1S/C17H13N5O2/c1-11-7-9-12(10-8-11)14-19-15(24-22-14)16-20-21-17(23-16)18-13-5-3-2-4-6-13/h2-10H,1H3,(H,18,21). The number of rotatable bonds is 4. The van der Waals surface area contributed by atoms with Gasteiger partial charge in [-0.3, -0.25) is 0 Å². The second-order valence-electron chi connectivity index (χ2n) is 5.19. The molecule has 0 fully saturated rings. The second kappa shape index (κ2) is 5.96. The van der Waals surface area contributed by atoms with Crippen molar-refractivity contribution in [3.8, 4) is 23.2 Å². The van der Waals surface area contributed by atoms with Crippen molar-refractivity contribution >= 4 is 11.7 Å². The van der Waals surface area contributed by atoms with E-state index in [1.165, 1.54) is 0 Å². The molecule has 0 radical (unpaired) electrons. The molecule has 0 aliphatic heterocycles. The Balaban J connectivity index is 1.56. The SMILES string of the molecule is Cc1ccc(-c2noc(-c3nnc(Nc4ccccc4)o3)n2)cc1. The van der Waals surface area contributed by atoms with Crippen LogP contribution in [0.25, 0.3) is 23.2 Å². The van der Waals surface area contributed by atoms with E-state index < -0.39 is 0 Å². The fourth-order valence-electron chi connectivity index (χ4n) is 2.14. The van der Waals surface area contributed by atoms with Crippen molar-refractivity contribution in [3.05, 3.63) is 60.2 Å². The first-order valence-corrected chi connectivity index (χ1v) is 7.35. The van der Waals surface area contributed by atoms with Crippen LogP contribution in [0.5, 0.6) is 0 Å². The number of aryl methyl sites for hydroxylation is 1. The van der Waals surface area contributed by atoms with Crippen LogP contribution in [-0.4, -0.2) is 20.3 Å². The summed E-state index contributed by atoms with van der Waals surface area (Å²) >= 11 is 0. The van der Waals surface area contributed by atoms with Crippen molar-refractivity contribution in [1.29, 1.82) is 0 Å². The summed E-state index contributed by atoms with van der Waals surface area (Å²) in [5, 5.41) is 14.8. The third kappa shape index (κ3) is 2.87. The Hall–Kier alpha value is -3.48. The summed E-state index contributed by atoms with van der Waals surface area (Å²) in [5.74, 6) is 0.819. The van der Waals surface area contributed by atoms with Crippen molar-refractivity contribution in [2.45, 2.75) is 6.92 Å². The molecule has 7 nitrogen and oxygen atoms in total. The zero-order valence-electron chi connectivity index (χ0n) is 12.8. The first kappa shape index (κ1) is 14.1. The molecule has 0 bridgehead atoms. The highest BCUT2D eigenvalue weighted by Crippen LogP contribution is 2.23. The minimum Gasteiger partial charge on any atom is -0.399 e. The van der Waals surface area contributed by atoms with Crippen LogP contribution in [-0.2, 0) is 0 Å². The number of anilines is 2. The third-order valence-electron chi connectivity index (χ3n) is 3.37. The van der Waals surface area contributed by atoms with Gasteiger partial charge in [-0.25, -0.2) is 0 Å². The fraction of sp³-hybridized carbons (Fsp3) is 0.0588. The van der Waals surface area contributed by atoms with E-state index in [2.05, 4.69) is 25.7 Å². The van der Waals surface area contributed by atoms with Gasteiger partial charge in [-0.1, -0.05) is 58.3 Å². The van der Waals surface area contributed by atoms with Gasteiger partial charge in [0.2, 0.25) is 5.82 Å². The normalized spacial score (nSPS) is 10.7. The van der Waals surface area contributed by atoms with Gasteiger partial charge in [0.1, 0.15) is 0 Å². The molecule has 0 saturated carbocycles. The van der Waals surface area contributed by atoms with Gasteiger partial charge in [0.15, 0.2) is 0 Å². The topological polar surface area (TPSA) is 89.9 Å². The Morgan fingerprint density at radius 3 is 2.46 bits per heavy atom.